The summed E-state index contributed by atoms with van der Waals surface area (Å²) in [5.41, 5.74) is 0.919. The molecule has 1 fully saturated rings. The molecule has 6 nitrogen and oxygen atoms in total. The standard InChI is InChI=1S/C14H22F3N5O/c1-20(7-12-6-19-21(2)8-12)13(23)18-5-11-3-4-22(9-11)10-14(15,16)17/h6,8,11H,3-5,7,9-10H2,1-2H3,(H,18,23)/t11-/m0/s1. The van der Waals surface area contributed by atoms with Gasteiger partial charge in [0.15, 0.2) is 0 Å². The number of hydrogen-bond donors (Lipinski definition) is 1. The molecule has 0 spiro atoms. The Labute approximate surface area is 133 Å². The van der Waals surface area contributed by atoms with Gasteiger partial charge in [-0.05, 0) is 18.9 Å². The van der Waals surface area contributed by atoms with E-state index in [1.807, 2.05) is 6.20 Å². The largest absolute Gasteiger partial charge is 0.401 e. The number of alkyl halides is 3. The molecule has 0 unspecified atom stereocenters. The Kier molecular flexibility index (Phi) is 5.51. The first-order chi connectivity index (χ1) is 10.7. The summed E-state index contributed by atoms with van der Waals surface area (Å²) in [4.78, 5) is 14.9. The molecule has 1 aliphatic rings. The van der Waals surface area contributed by atoms with Gasteiger partial charge < -0.3 is 10.2 Å². The maximum Gasteiger partial charge on any atom is 0.401 e. The Bertz CT molecular complexity index is 531. The van der Waals surface area contributed by atoms with Crippen LogP contribution >= 0.6 is 0 Å². The van der Waals surface area contributed by atoms with E-state index in [1.54, 1.807) is 25.0 Å². The molecule has 1 aromatic rings. The molecule has 2 rings (SSSR count). The number of amides is 2. The van der Waals surface area contributed by atoms with Crippen LogP contribution in [0.2, 0.25) is 0 Å². The van der Waals surface area contributed by atoms with E-state index in [1.165, 1.54) is 9.80 Å². The van der Waals surface area contributed by atoms with Gasteiger partial charge in [0, 0.05) is 38.9 Å². The number of carbonyl (C=O) groups excluding carboxylic acids is 1. The van der Waals surface area contributed by atoms with Crippen LogP contribution in [-0.4, -0.2) is 65.0 Å². The molecule has 1 aromatic heterocycles. The molecule has 2 amide bonds. The summed E-state index contributed by atoms with van der Waals surface area (Å²) in [5.74, 6) is 0.0630. The number of hydrogen-bond acceptors (Lipinski definition) is 3. The first-order valence-electron chi connectivity index (χ1n) is 7.48. The highest BCUT2D eigenvalue weighted by atomic mass is 19.4. The molecular weight excluding hydrogens is 311 g/mol. The van der Waals surface area contributed by atoms with Gasteiger partial charge in [-0.1, -0.05) is 0 Å². The zero-order chi connectivity index (χ0) is 17.0. The second kappa shape index (κ2) is 7.20. The fourth-order valence-electron chi connectivity index (χ4n) is 2.74. The number of carbonyl (C=O) groups is 1. The van der Waals surface area contributed by atoms with Crippen molar-refractivity contribution < 1.29 is 18.0 Å². The number of likely N-dealkylation sites (tertiary alicyclic amines) is 1. The third-order valence-corrected chi connectivity index (χ3v) is 3.84. The minimum Gasteiger partial charge on any atom is -0.338 e. The predicted molar refractivity (Wildman–Crippen MR) is 78.7 cm³/mol. The summed E-state index contributed by atoms with van der Waals surface area (Å²) in [6.07, 6.45) is 0.0241. The van der Waals surface area contributed by atoms with Crippen molar-refractivity contribution in [1.82, 2.24) is 24.9 Å². The van der Waals surface area contributed by atoms with Crippen LogP contribution in [0, 0.1) is 5.92 Å². The Balaban J connectivity index is 1.70. The number of aryl methyl sites for hydroxylation is 1. The summed E-state index contributed by atoms with van der Waals surface area (Å²) in [5, 5.41) is 6.82. The maximum atomic E-state index is 12.3. The SMILES string of the molecule is CN(Cc1cnn(C)c1)C(=O)NC[C@@H]1CCN(CC(F)(F)F)C1. The lowest BCUT2D eigenvalue weighted by Gasteiger charge is -2.20. The van der Waals surface area contributed by atoms with Gasteiger partial charge in [-0.25, -0.2) is 4.79 Å². The summed E-state index contributed by atoms with van der Waals surface area (Å²) in [6, 6.07) is -0.233. The number of halogens is 3. The number of rotatable bonds is 5. The van der Waals surface area contributed by atoms with Crippen LogP contribution < -0.4 is 5.32 Å². The third-order valence-electron chi connectivity index (χ3n) is 3.84. The van der Waals surface area contributed by atoms with Crippen LogP contribution in [-0.2, 0) is 13.6 Å². The summed E-state index contributed by atoms with van der Waals surface area (Å²) >= 11 is 0. The van der Waals surface area contributed by atoms with E-state index in [-0.39, 0.29) is 11.9 Å². The molecule has 130 valence electrons. The molecule has 0 aromatic carbocycles. The molecule has 1 aliphatic heterocycles. The zero-order valence-electron chi connectivity index (χ0n) is 13.3. The lowest BCUT2D eigenvalue weighted by Crippen LogP contribution is -2.40. The van der Waals surface area contributed by atoms with E-state index in [2.05, 4.69) is 10.4 Å². The summed E-state index contributed by atoms with van der Waals surface area (Å²) in [6.45, 7) is 0.741. The molecule has 1 atom stereocenters. The van der Waals surface area contributed by atoms with Crippen molar-refractivity contribution >= 4 is 6.03 Å². The van der Waals surface area contributed by atoms with Crippen molar-refractivity contribution in [1.29, 1.82) is 0 Å². The quantitative estimate of drug-likeness (QED) is 0.887. The monoisotopic (exact) mass is 333 g/mol. The third kappa shape index (κ3) is 5.74. The second-order valence-corrected chi connectivity index (χ2v) is 6.07. The van der Waals surface area contributed by atoms with Crippen molar-refractivity contribution in [3.8, 4) is 0 Å². The fourth-order valence-corrected chi connectivity index (χ4v) is 2.74. The Hall–Kier alpha value is -1.77. The van der Waals surface area contributed by atoms with Gasteiger partial charge in [0.2, 0.25) is 0 Å². The highest BCUT2D eigenvalue weighted by Gasteiger charge is 2.34. The molecule has 2 heterocycles. The molecular formula is C14H22F3N5O. The molecule has 0 radical (unpaired) electrons. The number of nitrogens with zero attached hydrogens (tertiary/aromatic N) is 4. The van der Waals surface area contributed by atoms with Gasteiger partial charge in [-0.2, -0.15) is 18.3 Å². The minimum atomic E-state index is -4.16. The average Bonchev–Trinajstić information content (AvgIpc) is 3.03. The molecule has 1 saturated heterocycles. The van der Waals surface area contributed by atoms with Crippen LogP contribution in [0.5, 0.6) is 0 Å². The van der Waals surface area contributed by atoms with Crippen molar-refractivity contribution in [2.24, 2.45) is 13.0 Å². The minimum absolute atomic E-state index is 0.0630. The number of aromatic nitrogens is 2. The highest BCUT2D eigenvalue weighted by Crippen LogP contribution is 2.22. The second-order valence-electron chi connectivity index (χ2n) is 6.07. The van der Waals surface area contributed by atoms with Crippen molar-refractivity contribution in [3.63, 3.8) is 0 Å². The van der Waals surface area contributed by atoms with E-state index in [0.717, 1.165) is 5.56 Å². The number of urea groups is 1. The first kappa shape index (κ1) is 17.6. The predicted octanol–water partition coefficient (Wildman–Crippen LogP) is 1.45. The molecule has 0 aliphatic carbocycles. The van der Waals surface area contributed by atoms with Crippen LogP contribution in [0.3, 0.4) is 0 Å². The lowest BCUT2D eigenvalue weighted by atomic mass is 10.1. The molecule has 0 bridgehead atoms. The summed E-state index contributed by atoms with van der Waals surface area (Å²) < 4.78 is 38.7. The van der Waals surface area contributed by atoms with Crippen LogP contribution in [0.4, 0.5) is 18.0 Å². The van der Waals surface area contributed by atoms with Crippen molar-refractivity contribution in [2.75, 3.05) is 33.2 Å². The first-order valence-corrected chi connectivity index (χ1v) is 7.48. The van der Waals surface area contributed by atoms with Crippen LogP contribution in [0.1, 0.15) is 12.0 Å². The van der Waals surface area contributed by atoms with Gasteiger partial charge in [0.05, 0.1) is 19.3 Å². The van der Waals surface area contributed by atoms with E-state index >= 15 is 0 Å². The Morgan fingerprint density at radius 1 is 1.52 bits per heavy atom. The molecule has 23 heavy (non-hydrogen) atoms. The van der Waals surface area contributed by atoms with Gasteiger partial charge >= 0.3 is 12.2 Å². The van der Waals surface area contributed by atoms with Crippen molar-refractivity contribution in [3.05, 3.63) is 18.0 Å². The molecule has 0 saturated carbocycles. The Morgan fingerprint density at radius 3 is 2.87 bits per heavy atom. The summed E-state index contributed by atoms with van der Waals surface area (Å²) in [7, 11) is 3.48. The van der Waals surface area contributed by atoms with Crippen LogP contribution in [0.25, 0.3) is 0 Å². The molecule has 9 heteroatoms. The van der Waals surface area contributed by atoms with E-state index < -0.39 is 12.7 Å². The topological polar surface area (TPSA) is 53.4 Å². The fraction of sp³-hybridized carbons (Fsp3) is 0.714. The van der Waals surface area contributed by atoms with Crippen molar-refractivity contribution in [2.45, 2.75) is 19.1 Å². The van der Waals surface area contributed by atoms with Gasteiger partial charge in [0.1, 0.15) is 0 Å². The average molecular weight is 333 g/mol. The van der Waals surface area contributed by atoms with E-state index in [0.29, 0.717) is 32.6 Å². The van der Waals surface area contributed by atoms with E-state index in [9.17, 15) is 18.0 Å². The van der Waals surface area contributed by atoms with E-state index in [4.69, 9.17) is 0 Å². The lowest BCUT2D eigenvalue weighted by molar-refractivity contribution is -0.143. The normalized spacial score (nSPS) is 19.1. The van der Waals surface area contributed by atoms with Crippen LogP contribution in [0.15, 0.2) is 12.4 Å². The highest BCUT2D eigenvalue weighted by molar-refractivity contribution is 5.73. The smallest absolute Gasteiger partial charge is 0.338 e. The zero-order valence-corrected chi connectivity index (χ0v) is 13.3. The number of nitrogens with one attached hydrogen (secondary N) is 1. The van der Waals surface area contributed by atoms with Gasteiger partial charge in [0.25, 0.3) is 0 Å². The van der Waals surface area contributed by atoms with Gasteiger partial charge in [-0.3, -0.25) is 9.58 Å². The van der Waals surface area contributed by atoms with Gasteiger partial charge in [-0.15, -0.1) is 0 Å². The Morgan fingerprint density at radius 2 is 2.26 bits per heavy atom. The maximum absolute atomic E-state index is 12.3. The molecule has 1 N–H and O–H groups in total.